The lowest BCUT2D eigenvalue weighted by Crippen LogP contribution is -2.51. The van der Waals surface area contributed by atoms with Gasteiger partial charge in [0.15, 0.2) is 0 Å². The van der Waals surface area contributed by atoms with Gasteiger partial charge in [-0.3, -0.25) is 9.59 Å². The zero-order valence-corrected chi connectivity index (χ0v) is 22.0. The number of fused-ring (bicyclic) bond motifs is 1. The van der Waals surface area contributed by atoms with Gasteiger partial charge in [-0.1, -0.05) is 26.8 Å². The maximum Gasteiger partial charge on any atom is 0.247 e. The summed E-state index contributed by atoms with van der Waals surface area (Å²) in [5, 5.41) is 13.3. The Kier molecular flexibility index (Phi) is 6.85. The lowest BCUT2D eigenvalue weighted by atomic mass is 9.88. The van der Waals surface area contributed by atoms with Crippen LogP contribution in [0, 0.1) is 26.2 Å². The molecule has 2 heterocycles. The molecule has 2 aliphatic heterocycles. The average Bonchev–Trinajstić information content (AvgIpc) is 3.33. The van der Waals surface area contributed by atoms with Crippen molar-refractivity contribution in [2.45, 2.75) is 79.8 Å². The van der Waals surface area contributed by atoms with Crippen molar-refractivity contribution < 1.29 is 14.7 Å². The molecule has 2 aromatic carbocycles. The van der Waals surface area contributed by atoms with Crippen molar-refractivity contribution >= 4 is 23.2 Å². The van der Waals surface area contributed by atoms with E-state index in [0.29, 0.717) is 30.6 Å². The number of phenolic OH excluding ortho intramolecular Hbond substituents is 1. The molecule has 35 heavy (non-hydrogen) atoms. The number of nitrogens with one attached hydrogen (secondary N) is 1. The third kappa shape index (κ3) is 5.31. The summed E-state index contributed by atoms with van der Waals surface area (Å²) in [6.45, 7) is 14.3. The number of hydrogen-bond donors (Lipinski definition) is 2. The van der Waals surface area contributed by atoms with Crippen molar-refractivity contribution in [3.05, 3.63) is 52.1 Å². The van der Waals surface area contributed by atoms with E-state index in [9.17, 15) is 14.7 Å². The normalized spacial score (nSPS) is 17.9. The minimum absolute atomic E-state index is 0.00432. The summed E-state index contributed by atoms with van der Waals surface area (Å²) >= 11 is 0. The van der Waals surface area contributed by atoms with Gasteiger partial charge in [0.1, 0.15) is 11.8 Å². The van der Waals surface area contributed by atoms with Crippen LogP contribution in [0.4, 0.5) is 11.4 Å². The first-order chi connectivity index (χ1) is 16.4. The largest absolute Gasteiger partial charge is 0.507 e. The van der Waals surface area contributed by atoms with Gasteiger partial charge < -0.3 is 20.2 Å². The highest BCUT2D eigenvalue weighted by Crippen LogP contribution is 2.33. The summed E-state index contributed by atoms with van der Waals surface area (Å²) in [6, 6.07) is 7.72. The van der Waals surface area contributed by atoms with Crippen LogP contribution in [-0.4, -0.2) is 41.0 Å². The van der Waals surface area contributed by atoms with Crippen molar-refractivity contribution in [3.8, 4) is 5.75 Å². The lowest BCUT2D eigenvalue weighted by Gasteiger charge is -2.38. The predicted molar refractivity (Wildman–Crippen MR) is 141 cm³/mol. The Morgan fingerprint density at radius 1 is 1.03 bits per heavy atom. The Hall–Kier alpha value is -3.02. The SMILES string of the molecule is Cc1cc(NC(=O)[C@@H]2Cc3ccc(N4CCCC4)cc3CN2C(=O)CC(C)(C)C)c(C)c(C)c1O. The van der Waals surface area contributed by atoms with Crippen LogP contribution in [0.1, 0.15) is 67.9 Å². The van der Waals surface area contributed by atoms with Gasteiger partial charge in [0.25, 0.3) is 0 Å². The zero-order valence-electron chi connectivity index (χ0n) is 22.0. The van der Waals surface area contributed by atoms with Crippen LogP contribution in [0.5, 0.6) is 5.75 Å². The molecule has 2 N–H and O–H groups in total. The monoisotopic (exact) mass is 477 g/mol. The van der Waals surface area contributed by atoms with E-state index in [1.165, 1.54) is 18.5 Å². The number of rotatable bonds is 4. The first-order valence-electron chi connectivity index (χ1n) is 12.7. The van der Waals surface area contributed by atoms with E-state index >= 15 is 0 Å². The maximum absolute atomic E-state index is 13.6. The van der Waals surface area contributed by atoms with Crippen LogP contribution in [0.25, 0.3) is 0 Å². The van der Waals surface area contributed by atoms with E-state index < -0.39 is 6.04 Å². The summed E-state index contributed by atoms with van der Waals surface area (Å²) in [5.74, 6) is 0.0710. The maximum atomic E-state index is 13.6. The molecule has 6 heteroatoms. The van der Waals surface area contributed by atoms with Gasteiger partial charge in [-0.2, -0.15) is 0 Å². The second-order valence-corrected chi connectivity index (χ2v) is 11.5. The Labute approximate surface area is 209 Å². The molecule has 0 radical (unpaired) electrons. The Morgan fingerprint density at radius 2 is 1.71 bits per heavy atom. The van der Waals surface area contributed by atoms with Crippen LogP contribution in [-0.2, 0) is 22.6 Å². The van der Waals surface area contributed by atoms with Crippen molar-refractivity contribution in [2.24, 2.45) is 5.41 Å². The summed E-state index contributed by atoms with van der Waals surface area (Å²) < 4.78 is 0. The third-order valence-corrected chi connectivity index (χ3v) is 7.41. The van der Waals surface area contributed by atoms with Crippen LogP contribution in [0.3, 0.4) is 0 Å². The number of anilines is 2. The van der Waals surface area contributed by atoms with Gasteiger partial charge in [0, 0.05) is 43.9 Å². The van der Waals surface area contributed by atoms with E-state index in [-0.39, 0.29) is 23.0 Å². The fourth-order valence-corrected chi connectivity index (χ4v) is 5.21. The standard InChI is InChI=1S/C29H39N3O3/c1-18-13-24(19(2)20(3)27(18)34)30-28(35)25-15-21-9-10-23(31-11-7-8-12-31)14-22(21)17-32(25)26(33)16-29(4,5)6/h9-10,13-14,25,34H,7-8,11-12,15-17H2,1-6H3,(H,30,35)/t25-/m0/s1. The molecule has 2 aromatic rings. The highest BCUT2D eigenvalue weighted by molar-refractivity contribution is 5.98. The number of amides is 2. The molecule has 1 atom stereocenters. The predicted octanol–water partition coefficient (Wildman–Crippen LogP) is 5.25. The summed E-state index contributed by atoms with van der Waals surface area (Å²) in [6.07, 6.45) is 3.30. The molecule has 4 rings (SSSR count). The molecule has 0 aromatic heterocycles. The topological polar surface area (TPSA) is 72.9 Å². The van der Waals surface area contributed by atoms with Gasteiger partial charge >= 0.3 is 0 Å². The summed E-state index contributed by atoms with van der Waals surface area (Å²) in [4.78, 5) is 31.2. The molecule has 2 aliphatic rings. The van der Waals surface area contributed by atoms with E-state index in [1.807, 2.05) is 20.8 Å². The second-order valence-electron chi connectivity index (χ2n) is 11.5. The van der Waals surface area contributed by atoms with Crippen LogP contribution < -0.4 is 10.2 Å². The molecule has 1 saturated heterocycles. The fraction of sp³-hybridized carbons (Fsp3) is 0.517. The zero-order chi connectivity index (χ0) is 25.5. The van der Waals surface area contributed by atoms with Gasteiger partial charge in [0.05, 0.1) is 0 Å². The van der Waals surface area contributed by atoms with Gasteiger partial charge in [-0.25, -0.2) is 0 Å². The number of benzene rings is 2. The fourth-order valence-electron chi connectivity index (χ4n) is 5.21. The van der Waals surface area contributed by atoms with Gasteiger partial charge in [0.2, 0.25) is 11.8 Å². The molecular weight excluding hydrogens is 438 g/mol. The molecule has 6 nitrogen and oxygen atoms in total. The van der Waals surface area contributed by atoms with Gasteiger partial charge in [-0.05, 0) is 85.0 Å². The first kappa shape index (κ1) is 25.1. The minimum Gasteiger partial charge on any atom is -0.507 e. The van der Waals surface area contributed by atoms with Crippen molar-refractivity contribution in [1.82, 2.24) is 4.90 Å². The molecule has 1 fully saturated rings. The minimum atomic E-state index is -0.580. The van der Waals surface area contributed by atoms with Crippen LogP contribution in [0.2, 0.25) is 0 Å². The molecule has 0 bridgehead atoms. The number of carbonyl (C=O) groups is 2. The number of phenols is 1. The molecule has 188 valence electrons. The number of carbonyl (C=O) groups excluding carboxylic acids is 2. The molecule has 0 aliphatic carbocycles. The first-order valence-corrected chi connectivity index (χ1v) is 12.7. The van der Waals surface area contributed by atoms with E-state index in [1.54, 1.807) is 11.0 Å². The summed E-state index contributed by atoms with van der Waals surface area (Å²) in [7, 11) is 0. The smallest absolute Gasteiger partial charge is 0.247 e. The molecule has 0 unspecified atom stereocenters. The summed E-state index contributed by atoms with van der Waals surface area (Å²) in [5.41, 5.74) is 6.28. The van der Waals surface area contributed by atoms with Crippen molar-refractivity contribution in [2.75, 3.05) is 23.3 Å². The third-order valence-electron chi connectivity index (χ3n) is 7.41. The highest BCUT2D eigenvalue weighted by atomic mass is 16.3. The molecule has 0 saturated carbocycles. The molecule has 0 spiro atoms. The second kappa shape index (κ2) is 9.56. The average molecular weight is 478 g/mol. The van der Waals surface area contributed by atoms with Crippen molar-refractivity contribution in [3.63, 3.8) is 0 Å². The Morgan fingerprint density at radius 3 is 2.37 bits per heavy atom. The van der Waals surface area contributed by atoms with Gasteiger partial charge in [-0.15, -0.1) is 0 Å². The number of nitrogens with zero attached hydrogens (tertiary/aromatic N) is 2. The number of aryl methyl sites for hydroxylation is 1. The van der Waals surface area contributed by atoms with E-state index in [2.05, 4.69) is 49.2 Å². The van der Waals surface area contributed by atoms with Crippen molar-refractivity contribution in [1.29, 1.82) is 0 Å². The van der Waals surface area contributed by atoms with E-state index in [0.717, 1.165) is 35.3 Å². The Balaban J connectivity index is 1.65. The Bertz CT molecular complexity index is 1140. The highest BCUT2D eigenvalue weighted by Gasteiger charge is 2.36. The van der Waals surface area contributed by atoms with Crippen LogP contribution >= 0.6 is 0 Å². The molecule has 2 amide bonds. The van der Waals surface area contributed by atoms with E-state index in [4.69, 9.17) is 0 Å². The molecular formula is C29H39N3O3. The van der Waals surface area contributed by atoms with Crippen LogP contribution in [0.15, 0.2) is 24.3 Å². The quantitative estimate of drug-likeness (QED) is 0.590. The number of hydrogen-bond acceptors (Lipinski definition) is 4. The number of aromatic hydroxyl groups is 1. The lowest BCUT2D eigenvalue weighted by molar-refractivity contribution is -0.141.